The zero-order valence-electron chi connectivity index (χ0n) is 11.8. The number of hydrogen-bond acceptors (Lipinski definition) is 3. The summed E-state index contributed by atoms with van der Waals surface area (Å²) in [5.41, 5.74) is 2.03. The first-order valence-electron chi connectivity index (χ1n) is 6.67. The molecule has 1 atom stereocenters. The number of aromatic nitrogens is 1. The average molecular weight is 274 g/mol. The summed E-state index contributed by atoms with van der Waals surface area (Å²) in [5.74, 6) is -0.313. The van der Waals surface area contributed by atoms with Crippen molar-refractivity contribution in [1.29, 1.82) is 0 Å². The van der Waals surface area contributed by atoms with Gasteiger partial charge in [0.05, 0.1) is 11.8 Å². The number of pyridine rings is 1. The van der Waals surface area contributed by atoms with Crippen LogP contribution < -0.4 is 4.90 Å². The molecule has 2 rings (SSSR count). The Balaban J connectivity index is 2.15. The third-order valence-electron chi connectivity index (χ3n) is 3.28. The van der Waals surface area contributed by atoms with Crippen LogP contribution in [-0.4, -0.2) is 23.7 Å². The van der Waals surface area contributed by atoms with Gasteiger partial charge in [-0.05, 0) is 25.1 Å². The zero-order valence-corrected chi connectivity index (χ0v) is 11.8. The summed E-state index contributed by atoms with van der Waals surface area (Å²) in [4.78, 5) is 6.08. The Hall–Kier alpha value is -1.94. The highest BCUT2D eigenvalue weighted by atomic mass is 19.1. The molecule has 0 aliphatic rings. The second-order valence-corrected chi connectivity index (χ2v) is 4.85. The first-order valence-corrected chi connectivity index (χ1v) is 6.67. The number of likely N-dealkylation sites (N-methyl/N-ethyl adjacent to an activating group) is 1. The number of rotatable bonds is 5. The standard InChI is InChI=1S/C16H19FN2O/c1-12(20)14-7-5-8-15(17)16(14)19(2)11-9-13-6-3-4-10-18-13/h3-8,10,12,20H,9,11H2,1-2H3/t12-/m0/s1. The van der Waals surface area contributed by atoms with Crippen LogP contribution in [-0.2, 0) is 6.42 Å². The molecule has 1 N–H and O–H groups in total. The highest BCUT2D eigenvalue weighted by Crippen LogP contribution is 2.28. The summed E-state index contributed by atoms with van der Waals surface area (Å²) in [6, 6.07) is 10.5. The van der Waals surface area contributed by atoms with Gasteiger partial charge in [-0.25, -0.2) is 4.39 Å². The molecular formula is C16H19FN2O. The van der Waals surface area contributed by atoms with Crippen molar-refractivity contribution in [3.8, 4) is 0 Å². The minimum absolute atomic E-state index is 0.313. The maximum atomic E-state index is 14.0. The number of halogens is 1. The first-order chi connectivity index (χ1) is 9.59. The van der Waals surface area contributed by atoms with Crippen LogP contribution in [0.1, 0.15) is 24.3 Å². The Morgan fingerprint density at radius 1 is 1.25 bits per heavy atom. The molecule has 106 valence electrons. The van der Waals surface area contributed by atoms with E-state index >= 15 is 0 Å². The van der Waals surface area contributed by atoms with Gasteiger partial charge in [0, 0.05) is 37.5 Å². The maximum Gasteiger partial charge on any atom is 0.146 e. The first kappa shape index (κ1) is 14.5. The van der Waals surface area contributed by atoms with E-state index in [1.165, 1.54) is 6.07 Å². The van der Waals surface area contributed by atoms with Crippen LogP contribution in [0.15, 0.2) is 42.6 Å². The molecule has 2 aromatic rings. The third-order valence-corrected chi connectivity index (χ3v) is 3.28. The predicted octanol–water partition coefficient (Wildman–Crippen LogP) is 2.95. The Kier molecular flexibility index (Phi) is 4.69. The molecule has 0 saturated carbocycles. The SMILES string of the molecule is C[C@H](O)c1cccc(F)c1N(C)CCc1ccccn1. The van der Waals surface area contributed by atoms with E-state index in [9.17, 15) is 9.50 Å². The van der Waals surface area contributed by atoms with Crippen LogP contribution in [0, 0.1) is 5.82 Å². The summed E-state index contributed by atoms with van der Waals surface area (Å²) in [7, 11) is 1.83. The molecular weight excluding hydrogens is 255 g/mol. The van der Waals surface area contributed by atoms with E-state index in [4.69, 9.17) is 0 Å². The van der Waals surface area contributed by atoms with Crippen molar-refractivity contribution >= 4 is 5.69 Å². The molecule has 0 amide bonds. The summed E-state index contributed by atoms with van der Waals surface area (Å²) in [6.07, 6.45) is 1.78. The largest absolute Gasteiger partial charge is 0.389 e. The third kappa shape index (κ3) is 3.33. The van der Waals surface area contributed by atoms with Crippen LogP contribution in [0.2, 0.25) is 0 Å². The van der Waals surface area contributed by atoms with E-state index in [2.05, 4.69) is 4.98 Å². The fraction of sp³-hybridized carbons (Fsp3) is 0.312. The molecule has 0 unspecified atom stereocenters. The molecule has 0 saturated heterocycles. The quantitative estimate of drug-likeness (QED) is 0.910. The zero-order chi connectivity index (χ0) is 14.5. The normalized spacial score (nSPS) is 12.2. The van der Waals surface area contributed by atoms with Crippen molar-refractivity contribution in [1.82, 2.24) is 4.98 Å². The van der Waals surface area contributed by atoms with Gasteiger partial charge in [0.1, 0.15) is 5.82 Å². The van der Waals surface area contributed by atoms with E-state index in [1.807, 2.05) is 30.1 Å². The number of anilines is 1. The highest BCUT2D eigenvalue weighted by molar-refractivity contribution is 5.55. The minimum Gasteiger partial charge on any atom is -0.389 e. The number of aliphatic hydroxyl groups excluding tert-OH is 1. The molecule has 0 spiro atoms. The summed E-state index contributed by atoms with van der Waals surface area (Å²) < 4.78 is 14.0. The minimum atomic E-state index is -0.696. The summed E-state index contributed by atoms with van der Waals surface area (Å²) in [5, 5.41) is 9.76. The van der Waals surface area contributed by atoms with Crippen LogP contribution in [0.3, 0.4) is 0 Å². The average Bonchev–Trinajstić information content (AvgIpc) is 2.45. The number of para-hydroxylation sites is 1. The predicted molar refractivity (Wildman–Crippen MR) is 78.2 cm³/mol. The number of benzene rings is 1. The Morgan fingerprint density at radius 3 is 2.70 bits per heavy atom. The second-order valence-electron chi connectivity index (χ2n) is 4.85. The Bertz CT molecular complexity index is 558. The summed E-state index contributed by atoms with van der Waals surface area (Å²) in [6.45, 7) is 2.28. The van der Waals surface area contributed by atoms with Crippen molar-refractivity contribution in [3.05, 3.63) is 59.7 Å². The smallest absolute Gasteiger partial charge is 0.146 e. The van der Waals surface area contributed by atoms with E-state index in [1.54, 1.807) is 25.3 Å². The van der Waals surface area contributed by atoms with Crippen molar-refractivity contribution in [2.24, 2.45) is 0 Å². The molecule has 1 aromatic carbocycles. The lowest BCUT2D eigenvalue weighted by Gasteiger charge is -2.24. The van der Waals surface area contributed by atoms with Gasteiger partial charge < -0.3 is 10.0 Å². The lowest BCUT2D eigenvalue weighted by atomic mass is 10.1. The maximum absolute atomic E-state index is 14.0. The van der Waals surface area contributed by atoms with Crippen molar-refractivity contribution in [2.75, 3.05) is 18.5 Å². The van der Waals surface area contributed by atoms with E-state index < -0.39 is 6.10 Å². The van der Waals surface area contributed by atoms with Crippen molar-refractivity contribution in [3.63, 3.8) is 0 Å². The highest BCUT2D eigenvalue weighted by Gasteiger charge is 2.16. The van der Waals surface area contributed by atoms with Crippen molar-refractivity contribution < 1.29 is 9.50 Å². The van der Waals surface area contributed by atoms with Gasteiger partial charge >= 0.3 is 0 Å². The molecule has 0 aliphatic carbocycles. The Morgan fingerprint density at radius 2 is 2.05 bits per heavy atom. The molecule has 0 aliphatic heterocycles. The number of hydrogen-bond donors (Lipinski definition) is 1. The van der Waals surface area contributed by atoms with Gasteiger partial charge in [0.25, 0.3) is 0 Å². The number of nitrogens with zero attached hydrogens (tertiary/aromatic N) is 2. The van der Waals surface area contributed by atoms with Gasteiger partial charge in [0.15, 0.2) is 0 Å². The van der Waals surface area contributed by atoms with E-state index in [0.29, 0.717) is 17.8 Å². The van der Waals surface area contributed by atoms with Crippen LogP contribution >= 0.6 is 0 Å². The van der Waals surface area contributed by atoms with Gasteiger partial charge in [0.2, 0.25) is 0 Å². The fourth-order valence-electron chi connectivity index (χ4n) is 2.21. The monoisotopic (exact) mass is 274 g/mol. The number of aliphatic hydroxyl groups is 1. The molecule has 3 nitrogen and oxygen atoms in total. The van der Waals surface area contributed by atoms with Crippen LogP contribution in [0.4, 0.5) is 10.1 Å². The lowest BCUT2D eigenvalue weighted by molar-refractivity contribution is 0.199. The topological polar surface area (TPSA) is 36.4 Å². The molecule has 4 heteroatoms. The molecule has 1 heterocycles. The lowest BCUT2D eigenvalue weighted by Crippen LogP contribution is -2.23. The van der Waals surface area contributed by atoms with Gasteiger partial charge in [-0.15, -0.1) is 0 Å². The molecule has 20 heavy (non-hydrogen) atoms. The van der Waals surface area contributed by atoms with Gasteiger partial charge in [-0.2, -0.15) is 0 Å². The second kappa shape index (κ2) is 6.48. The summed E-state index contributed by atoms with van der Waals surface area (Å²) >= 11 is 0. The fourth-order valence-corrected chi connectivity index (χ4v) is 2.21. The molecule has 0 radical (unpaired) electrons. The Labute approximate surface area is 118 Å². The molecule has 1 aromatic heterocycles. The van der Waals surface area contributed by atoms with Crippen molar-refractivity contribution in [2.45, 2.75) is 19.4 Å². The molecule has 0 fully saturated rings. The van der Waals surface area contributed by atoms with E-state index in [0.717, 1.165) is 12.1 Å². The van der Waals surface area contributed by atoms with E-state index in [-0.39, 0.29) is 5.82 Å². The van der Waals surface area contributed by atoms with Gasteiger partial charge in [-0.3, -0.25) is 4.98 Å². The van der Waals surface area contributed by atoms with Gasteiger partial charge in [-0.1, -0.05) is 18.2 Å². The van der Waals surface area contributed by atoms with Crippen LogP contribution in [0.5, 0.6) is 0 Å². The molecule has 0 bridgehead atoms. The van der Waals surface area contributed by atoms with Crippen LogP contribution in [0.25, 0.3) is 0 Å².